The first-order valence-corrected chi connectivity index (χ1v) is 8.24. The first kappa shape index (κ1) is 14.9. The topological polar surface area (TPSA) is 28.2 Å². The molecule has 0 bridgehead atoms. The number of nitrogens with zero attached hydrogens (tertiary/aromatic N) is 2. The zero-order valence-electron chi connectivity index (χ0n) is 12.6. The number of nitrogens with one attached hydrogen (secondary N) is 1. The van der Waals surface area contributed by atoms with Crippen molar-refractivity contribution in [3.8, 4) is 0 Å². The summed E-state index contributed by atoms with van der Waals surface area (Å²) in [7, 11) is 0. The smallest absolute Gasteiger partial charge is 0.107 e. The maximum atomic E-state index is 4.45. The zero-order valence-corrected chi connectivity index (χ0v) is 13.5. The molecule has 0 spiro atoms. The van der Waals surface area contributed by atoms with E-state index in [0.29, 0.717) is 17.5 Å². The van der Waals surface area contributed by atoms with Crippen molar-refractivity contribution in [2.45, 2.75) is 59.2 Å². The molecule has 19 heavy (non-hydrogen) atoms. The second-order valence-corrected chi connectivity index (χ2v) is 7.61. The van der Waals surface area contributed by atoms with Gasteiger partial charge in [0.15, 0.2) is 0 Å². The molecule has 0 saturated carbocycles. The molecule has 3 nitrogen and oxygen atoms in total. The number of aromatic nitrogens is 1. The molecule has 4 heteroatoms. The van der Waals surface area contributed by atoms with Crippen molar-refractivity contribution in [1.82, 2.24) is 15.2 Å². The highest BCUT2D eigenvalue weighted by atomic mass is 32.1. The van der Waals surface area contributed by atoms with Gasteiger partial charge in [-0.05, 0) is 11.8 Å². The van der Waals surface area contributed by atoms with Crippen LogP contribution in [0.1, 0.15) is 45.5 Å². The largest absolute Gasteiger partial charge is 0.311 e. The zero-order chi connectivity index (χ0) is 13.9. The average molecular weight is 281 g/mol. The third-order valence-electron chi connectivity index (χ3n) is 3.95. The summed E-state index contributed by atoms with van der Waals surface area (Å²) >= 11 is 1.77. The van der Waals surface area contributed by atoms with Gasteiger partial charge in [0.25, 0.3) is 0 Å². The number of hydrogen-bond donors (Lipinski definition) is 1. The predicted molar refractivity (Wildman–Crippen MR) is 82.5 cm³/mol. The molecule has 1 aliphatic rings. The molecule has 1 fully saturated rings. The molecule has 1 aromatic heterocycles. The molecule has 1 N–H and O–H groups in total. The first-order valence-electron chi connectivity index (χ1n) is 7.36. The summed E-state index contributed by atoms with van der Waals surface area (Å²) in [6.07, 6.45) is 4.44. The van der Waals surface area contributed by atoms with E-state index in [9.17, 15) is 0 Å². The van der Waals surface area contributed by atoms with Crippen LogP contribution in [0.2, 0.25) is 0 Å². The fourth-order valence-electron chi connectivity index (χ4n) is 2.96. The van der Waals surface area contributed by atoms with E-state index < -0.39 is 0 Å². The lowest BCUT2D eigenvalue weighted by Crippen LogP contribution is -2.60. The van der Waals surface area contributed by atoms with Crippen LogP contribution in [-0.2, 0) is 6.54 Å². The fourth-order valence-corrected chi connectivity index (χ4v) is 3.60. The van der Waals surface area contributed by atoms with E-state index in [1.807, 2.05) is 6.20 Å². The summed E-state index contributed by atoms with van der Waals surface area (Å²) in [6.45, 7) is 12.5. The Morgan fingerprint density at radius 1 is 1.47 bits per heavy atom. The fraction of sp³-hybridized carbons (Fsp3) is 0.800. The van der Waals surface area contributed by atoms with Crippen LogP contribution in [0.4, 0.5) is 0 Å². The van der Waals surface area contributed by atoms with E-state index in [-0.39, 0.29) is 0 Å². The second-order valence-electron chi connectivity index (χ2n) is 6.63. The molecule has 2 atom stereocenters. The van der Waals surface area contributed by atoms with Crippen molar-refractivity contribution in [3.05, 3.63) is 16.6 Å². The summed E-state index contributed by atoms with van der Waals surface area (Å²) in [5.74, 6) is 0. The number of rotatable bonds is 4. The number of thiazole rings is 1. The van der Waals surface area contributed by atoms with E-state index in [0.717, 1.165) is 19.6 Å². The predicted octanol–water partition coefficient (Wildman–Crippen LogP) is 3.13. The summed E-state index contributed by atoms with van der Waals surface area (Å²) in [5.41, 5.74) is 0.307. The second kappa shape index (κ2) is 6.33. The third kappa shape index (κ3) is 4.01. The molecule has 1 saturated heterocycles. The molecule has 0 radical (unpaired) electrons. The lowest BCUT2D eigenvalue weighted by molar-refractivity contribution is 0.0474. The standard InChI is InChI=1S/C15H27N3S/c1-5-6-12-10-18(11-14-16-7-8-19-14)13(9-17-12)15(2,3)4/h7-8,12-13,17H,5-6,9-11H2,1-4H3. The molecule has 2 heterocycles. The van der Waals surface area contributed by atoms with E-state index in [1.54, 1.807) is 11.3 Å². The average Bonchev–Trinajstić information content (AvgIpc) is 2.81. The maximum absolute atomic E-state index is 4.45. The van der Waals surface area contributed by atoms with Gasteiger partial charge >= 0.3 is 0 Å². The van der Waals surface area contributed by atoms with Gasteiger partial charge in [0.1, 0.15) is 5.01 Å². The Kier molecular flexibility index (Phi) is 4.98. The van der Waals surface area contributed by atoms with Crippen LogP contribution in [-0.4, -0.2) is 35.1 Å². The van der Waals surface area contributed by atoms with Crippen LogP contribution in [0.15, 0.2) is 11.6 Å². The van der Waals surface area contributed by atoms with Crippen LogP contribution in [0.3, 0.4) is 0 Å². The van der Waals surface area contributed by atoms with Crippen molar-refractivity contribution < 1.29 is 0 Å². The van der Waals surface area contributed by atoms with Crippen LogP contribution in [0.5, 0.6) is 0 Å². The molecule has 2 unspecified atom stereocenters. The van der Waals surface area contributed by atoms with Crippen LogP contribution < -0.4 is 5.32 Å². The number of piperazine rings is 1. The van der Waals surface area contributed by atoms with Crippen LogP contribution in [0, 0.1) is 5.41 Å². The Balaban J connectivity index is 2.06. The highest BCUT2D eigenvalue weighted by Crippen LogP contribution is 2.28. The molecule has 108 valence electrons. The SMILES string of the molecule is CCCC1CN(Cc2nccs2)C(C(C)(C)C)CN1. The van der Waals surface area contributed by atoms with Gasteiger partial charge in [-0.3, -0.25) is 4.90 Å². The van der Waals surface area contributed by atoms with Gasteiger partial charge < -0.3 is 5.32 Å². The quantitative estimate of drug-likeness (QED) is 0.919. The number of hydrogen-bond acceptors (Lipinski definition) is 4. The van der Waals surface area contributed by atoms with E-state index in [1.165, 1.54) is 17.8 Å². The molecule has 1 aliphatic heterocycles. The Hall–Kier alpha value is -0.450. The minimum Gasteiger partial charge on any atom is -0.311 e. The van der Waals surface area contributed by atoms with Crippen molar-refractivity contribution in [1.29, 1.82) is 0 Å². The van der Waals surface area contributed by atoms with Crippen LogP contribution >= 0.6 is 11.3 Å². The summed E-state index contributed by atoms with van der Waals surface area (Å²) < 4.78 is 0. The molecule has 0 amide bonds. The minimum atomic E-state index is 0.307. The first-order chi connectivity index (χ1) is 9.00. The van der Waals surface area contributed by atoms with E-state index >= 15 is 0 Å². The van der Waals surface area contributed by atoms with Gasteiger partial charge in [-0.2, -0.15) is 0 Å². The van der Waals surface area contributed by atoms with Crippen molar-refractivity contribution >= 4 is 11.3 Å². The Morgan fingerprint density at radius 3 is 2.84 bits per heavy atom. The lowest BCUT2D eigenvalue weighted by Gasteiger charge is -2.46. The monoisotopic (exact) mass is 281 g/mol. The molecule has 1 aromatic rings. The summed E-state index contributed by atoms with van der Waals surface area (Å²) in [4.78, 5) is 7.09. The van der Waals surface area contributed by atoms with Gasteiger partial charge in [0.2, 0.25) is 0 Å². The maximum Gasteiger partial charge on any atom is 0.107 e. The third-order valence-corrected chi connectivity index (χ3v) is 4.72. The molecular formula is C15H27N3S. The summed E-state index contributed by atoms with van der Waals surface area (Å²) in [6, 6.07) is 1.23. The Labute approximate surface area is 121 Å². The molecule has 2 rings (SSSR count). The molecule has 0 aromatic carbocycles. The molecular weight excluding hydrogens is 254 g/mol. The summed E-state index contributed by atoms with van der Waals surface area (Å²) in [5, 5.41) is 7.05. The van der Waals surface area contributed by atoms with Gasteiger partial charge in [-0.15, -0.1) is 11.3 Å². The van der Waals surface area contributed by atoms with Gasteiger partial charge in [0, 0.05) is 36.8 Å². The van der Waals surface area contributed by atoms with Crippen molar-refractivity contribution in [3.63, 3.8) is 0 Å². The molecule has 0 aliphatic carbocycles. The van der Waals surface area contributed by atoms with Gasteiger partial charge in [-0.1, -0.05) is 34.1 Å². The van der Waals surface area contributed by atoms with E-state index in [2.05, 4.69) is 48.3 Å². The lowest BCUT2D eigenvalue weighted by atomic mass is 9.83. The Morgan fingerprint density at radius 2 is 2.26 bits per heavy atom. The highest BCUT2D eigenvalue weighted by Gasteiger charge is 2.35. The van der Waals surface area contributed by atoms with Crippen molar-refractivity contribution in [2.75, 3.05) is 13.1 Å². The highest BCUT2D eigenvalue weighted by molar-refractivity contribution is 7.09. The normalized spacial score (nSPS) is 25.7. The van der Waals surface area contributed by atoms with Gasteiger partial charge in [0.05, 0.1) is 6.54 Å². The van der Waals surface area contributed by atoms with Crippen molar-refractivity contribution in [2.24, 2.45) is 5.41 Å². The Bertz CT molecular complexity index is 369. The minimum absolute atomic E-state index is 0.307. The van der Waals surface area contributed by atoms with Crippen LogP contribution in [0.25, 0.3) is 0 Å². The van der Waals surface area contributed by atoms with E-state index in [4.69, 9.17) is 0 Å². The van der Waals surface area contributed by atoms with Gasteiger partial charge in [-0.25, -0.2) is 4.98 Å².